The summed E-state index contributed by atoms with van der Waals surface area (Å²) in [5.74, 6) is -1.27. The van der Waals surface area contributed by atoms with Gasteiger partial charge in [0.2, 0.25) is 0 Å². The smallest absolute Gasteiger partial charge is 0.324 e. The quantitative estimate of drug-likeness (QED) is 0.463. The van der Waals surface area contributed by atoms with Crippen molar-refractivity contribution in [2.75, 3.05) is 6.61 Å². The normalized spacial score (nSPS) is 13.6. The molecule has 0 aromatic heterocycles. The standard InChI is InChI=1S/C8H13NO4/c1-3-7(5(2)10)13-4-6(9)8(11)12/h3,6H,4,9H2,1-2H3,(H,11,12)/b7-3+. The van der Waals surface area contributed by atoms with Crippen LogP contribution in [0, 0.1) is 0 Å². The van der Waals surface area contributed by atoms with Gasteiger partial charge in [-0.25, -0.2) is 0 Å². The third-order valence-electron chi connectivity index (χ3n) is 1.34. The van der Waals surface area contributed by atoms with Gasteiger partial charge in [0.05, 0.1) is 0 Å². The predicted octanol–water partition coefficient (Wildman–Crippen LogP) is -0.0923. The van der Waals surface area contributed by atoms with Gasteiger partial charge in [-0.15, -0.1) is 0 Å². The van der Waals surface area contributed by atoms with Gasteiger partial charge in [-0.2, -0.15) is 0 Å². The van der Waals surface area contributed by atoms with E-state index in [0.717, 1.165) is 0 Å². The van der Waals surface area contributed by atoms with Crippen molar-refractivity contribution in [1.82, 2.24) is 0 Å². The molecular weight excluding hydrogens is 174 g/mol. The number of hydrogen-bond acceptors (Lipinski definition) is 4. The molecule has 1 atom stereocenters. The molecular formula is C8H13NO4. The summed E-state index contributed by atoms with van der Waals surface area (Å²) < 4.78 is 4.88. The van der Waals surface area contributed by atoms with E-state index in [2.05, 4.69) is 0 Å². The maximum Gasteiger partial charge on any atom is 0.324 e. The molecule has 0 bridgehead atoms. The largest absolute Gasteiger partial charge is 0.488 e. The highest BCUT2D eigenvalue weighted by molar-refractivity contribution is 5.91. The van der Waals surface area contributed by atoms with Gasteiger partial charge in [0.1, 0.15) is 12.6 Å². The van der Waals surface area contributed by atoms with Gasteiger partial charge in [-0.1, -0.05) is 0 Å². The maximum atomic E-state index is 10.8. The Morgan fingerprint density at radius 1 is 1.62 bits per heavy atom. The van der Waals surface area contributed by atoms with Gasteiger partial charge >= 0.3 is 5.97 Å². The summed E-state index contributed by atoms with van der Waals surface area (Å²) in [7, 11) is 0. The second-order valence-electron chi connectivity index (χ2n) is 2.46. The second-order valence-corrected chi connectivity index (χ2v) is 2.46. The number of allylic oxidation sites excluding steroid dienone is 2. The third-order valence-corrected chi connectivity index (χ3v) is 1.34. The highest BCUT2D eigenvalue weighted by atomic mass is 16.5. The van der Waals surface area contributed by atoms with Gasteiger partial charge in [-0.05, 0) is 13.0 Å². The minimum Gasteiger partial charge on any atom is -0.488 e. The zero-order valence-corrected chi connectivity index (χ0v) is 7.61. The summed E-state index contributed by atoms with van der Waals surface area (Å²) in [6, 6.07) is -1.10. The van der Waals surface area contributed by atoms with Gasteiger partial charge in [-0.3, -0.25) is 9.59 Å². The molecule has 1 unspecified atom stereocenters. The van der Waals surface area contributed by atoms with Crippen molar-refractivity contribution in [2.45, 2.75) is 19.9 Å². The second kappa shape index (κ2) is 5.31. The lowest BCUT2D eigenvalue weighted by Crippen LogP contribution is -2.35. The Morgan fingerprint density at radius 2 is 2.15 bits per heavy atom. The average Bonchev–Trinajstić information content (AvgIpc) is 2.04. The van der Waals surface area contributed by atoms with Crippen LogP contribution in [-0.4, -0.2) is 29.5 Å². The molecule has 13 heavy (non-hydrogen) atoms. The van der Waals surface area contributed by atoms with E-state index in [1.165, 1.54) is 13.0 Å². The van der Waals surface area contributed by atoms with E-state index in [0.29, 0.717) is 0 Å². The van der Waals surface area contributed by atoms with E-state index in [1.54, 1.807) is 6.92 Å². The maximum absolute atomic E-state index is 10.8. The molecule has 0 aliphatic rings. The molecule has 0 heterocycles. The Morgan fingerprint density at radius 3 is 2.46 bits per heavy atom. The van der Waals surface area contributed by atoms with Crippen LogP contribution in [0.25, 0.3) is 0 Å². The van der Waals surface area contributed by atoms with Crippen LogP contribution in [0.1, 0.15) is 13.8 Å². The van der Waals surface area contributed by atoms with Crippen LogP contribution in [0.3, 0.4) is 0 Å². The Kier molecular flexibility index (Phi) is 4.76. The first kappa shape index (κ1) is 11.6. The van der Waals surface area contributed by atoms with Crippen LogP contribution < -0.4 is 5.73 Å². The van der Waals surface area contributed by atoms with E-state index >= 15 is 0 Å². The Labute approximate surface area is 76.2 Å². The van der Waals surface area contributed by atoms with Crippen LogP contribution in [0.2, 0.25) is 0 Å². The summed E-state index contributed by atoms with van der Waals surface area (Å²) >= 11 is 0. The number of Topliss-reactive ketones (excluding diaryl/α,β-unsaturated/α-hetero) is 1. The number of aliphatic carboxylic acids is 1. The molecule has 0 saturated carbocycles. The van der Waals surface area contributed by atoms with Crippen LogP contribution in [0.15, 0.2) is 11.8 Å². The van der Waals surface area contributed by atoms with Crippen molar-refractivity contribution in [3.8, 4) is 0 Å². The van der Waals surface area contributed by atoms with E-state index in [-0.39, 0.29) is 18.1 Å². The average molecular weight is 187 g/mol. The summed E-state index contributed by atoms with van der Waals surface area (Å²) in [6.45, 7) is 2.76. The van der Waals surface area contributed by atoms with Gasteiger partial charge < -0.3 is 15.6 Å². The van der Waals surface area contributed by atoms with Crippen molar-refractivity contribution < 1.29 is 19.4 Å². The number of carbonyl (C=O) groups is 2. The first-order valence-corrected chi connectivity index (χ1v) is 3.77. The molecule has 0 radical (unpaired) electrons. The molecule has 0 aliphatic carbocycles. The summed E-state index contributed by atoms with van der Waals surface area (Å²) in [6.07, 6.45) is 1.47. The SMILES string of the molecule is C/C=C(/OCC(N)C(=O)O)C(C)=O. The lowest BCUT2D eigenvalue weighted by molar-refractivity contribution is -0.140. The Balaban J connectivity index is 4.01. The lowest BCUT2D eigenvalue weighted by atomic mass is 10.3. The van der Waals surface area contributed by atoms with Crippen LogP contribution in [0.5, 0.6) is 0 Å². The summed E-state index contributed by atoms with van der Waals surface area (Å²) in [5, 5.41) is 8.40. The number of hydrogen-bond donors (Lipinski definition) is 2. The summed E-state index contributed by atoms with van der Waals surface area (Å²) in [5.41, 5.74) is 5.16. The first-order chi connectivity index (χ1) is 5.99. The zero-order valence-electron chi connectivity index (χ0n) is 7.61. The van der Waals surface area contributed by atoms with E-state index in [9.17, 15) is 9.59 Å². The minimum atomic E-state index is -1.15. The van der Waals surface area contributed by atoms with Crippen LogP contribution >= 0.6 is 0 Å². The number of ketones is 1. The Bertz CT molecular complexity index is 234. The number of ether oxygens (including phenoxy) is 1. The number of rotatable bonds is 5. The van der Waals surface area contributed by atoms with Crippen molar-refractivity contribution in [2.24, 2.45) is 5.73 Å². The predicted molar refractivity (Wildman–Crippen MR) is 46.0 cm³/mol. The molecule has 0 aromatic rings. The molecule has 74 valence electrons. The molecule has 0 rings (SSSR count). The van der Waals surface area contributed by atoms with Gasteiger partial charge in [0.15, 0.2) is 11.5 Å². The molecule has 0 aromatic carbocycles. The fraction of sp³-hybridized carbons (Fsp3) is 0.500. The molecule has 3 N–H and O–H groups in total. The molecule has 0 spiro atoms. The third kappa shape index (κ3) is 4.27. The number of carbonyl (C=O) groups excluding carboxylic acids is 1. The minimum absolute atomic E-state index is 0.136. The number of nitrogens with two attached hydrogens (primary N) is 1. The van der Waals surface area contributed by atoms with Gasteiger partial charge in [0.25, 0.3) is 0 Å². The zero-order chi connectivity index (χ0) is 10.4. The highest BCUT2D eigenvalue weighted by Crippen LogP contribution is 1.99. The van der Waals surface area contributed by atoms with Crippen LogP contribution in [-0.2, 0) is 14.3 Å². The fourth-order valence-corrected chi connectivity index (χ4v) is 0.639. The molecule has 5 nitrogen and oxygen atoms in total. The van der Waals surface area contributed by atoms with Crippen LogP contribution in [0.4, 0.5) is 0 Å². The topological polar surface area (TPSA) is 89.6 Å². The monoisotopic (exact) mass is 187 g/mol. The lowest BCUT2D eigenvalue weighted by Gasteiger charge is -2.09. The van der Waals surface area contributed by atoms with E-state index in [4.69, 9.17) is 15.6 Å². The Hall–Kier alpha value is -1.36. The number of carboxylic acid groups (broad SMARTS) is 1. The van der Waals surface area contributed by atoms with E-state index < -0.39 is 12.0 Å². The van der Waals surface area contributed by atoms with E-state index in [1.807, 2.05) is 0 Å². The molecule has 0 amide bonds. The molecule has 0 aliphatic heterocycles. The summed E-state index contributed by atoms with van der Waals surface area (Å²) in [4.78, 5) is 21.0. The molecule has 0 saturated heterocycles. The molecule has 0 fully saturated rings. The highest BCUT2D eigenvalue weighted by Gasteiger charge is 2.13. The van der Waals surface area contributed by atoms with Gasteiger partial charge in [0, 0.05) is 6.92 Å². The molecule has 5 heteroatoms. The van der Waals surface area contributed by atoms with Crippen molar-refractivity contribution in [1.29, 1.82) is 0 Å². The first-order valence-electron chi connectivity index (χ1n) is 3.77. The van der Waals surface area contributed by atoms with Crippen molar-refractivity contribution >= 4 is 11.8 Å². The fourth-order valence-electron chi connectivity index (χ4n) is 0.639. The number of carboxylic acids is 1. The van der Waals surface area contributed by atoms with Crippen molar-refractivity contribution in [3.05, 3.63) is 11.8 Å². The van der Waals surface area contributed by atoms with Crippen molar-refractivity contribution in [3.63, 3.8) is 0 Å².